The molecule has 1 fully saturated rings. The Morgan fingerprint density at radius 3 is 2.78 bits per heavy atom. The summed E-state index contributed by atoms with van der Waals surface area (Å²) in [6.07, 6.45) is 6.95. The maximum absolute atomic E-state index is 13.7. The molecule has 0 radical (unpaired) electrons. The van der Waals surface area contributed by atoms with Gasteiger partial charge in [0.05, 0.1) is 30.4 Å². The van der Waals surface area contributed by atoms with Crippen LogP contribution in [0.5, 0.6) is 0 Å². The second-order valence-electron chi connectivity index (χ2n) is 8.69. The van der Waals surface area contributed by atoms with Gasteiger partial charge in [0.15, 0.2) is 0 Å². The summed E-state index contributed by atoms with van der Waals surface area (Å²) in [5, 5.41) is 12.1. The van der Waals surface area contributed by atoms with Gasteiger partial charge in [0.2, 0.25) is 0 Å². The van der Waals surface area contributed by atoms with E-state index in [4.69, 9.17) is 11.6 Å². The highest BCUT2D eigenvalue weighted by Crippen LogP contribution is 2.44. The summed E-state index contributed by atoms with van der Waals surface area (Å²) in [7, 11) is 0. The summed E-state index contributed by atoms with van der Waals surface area (Å²) in [5.41, 5.74) is 4.05. The molecule has 0 spiro atoms. The molecule has 2 aliphatic rings. The molecule has 3 unspecified atom stereocenters. The van der Waals surface area contributed by atoms with E-state index in [0.29, 0.717) is 23.6 Å². The van der Waals surface area contributed by atoms with E-state index in [1.807, 2.05) is 24.3 Å². The van der Waals surface area contributed by atoms with E-state index in [1.165, 1.54) is 0 Å². The summed E-state index contributed by atoms with van der Waals surface area (Å²) < 4.78 is 13.7. The Bertz CT molecular complexity index is 1150. The SMILES string of the molecule is O=C1c2cc(Cc3ccc(Cl)nc3)c3cccnc3c2C(CCF)N1C1CCCCC1O. The van der Waals surface area contributed by atoms with E-state index in [0.717, 1.165) is 46.9 Å². The minimum atomic E-state index is -0.581. The average Bonchev–Trinajstić information content (AvgIpc) is 3.07. The lowest BCUT2D eigenvalue weighted by atomic mass is 9.89. The molecule has 1 saturated carbocycles. The van der Waals surface area contributed by atoms with Crippen LogP contribution in [0.15, 0.2) is 42.7 Å². The van der Waals surface area contributed by atoms with E-state index in [2.05, 4.69) is 9.97 Å². The number of aliphatic hydroxyl groups is 1. The minimum Gasteiger partial charge on any atom is -0.391 e. The zero-order valence-electron chi connectivity index (χ0n) is 17.7. The third kappa shape index (κ3) is 3.65. The van der Waals surface area contributed by atoms with Gasteiger partial charge in [-0.25, -0.2) is 4.98 Å². The van der Waals surface area contributed by atoms with Gasteiger partial charge in [-0.15, -0.1) is 0 Å². The van der Waals surface area contributed by atoms with E-state index in [9.17, 15) is 14.3 Å². The van der Waals surface area contributed by atoms with Crippen LogP contribution < -0.4 is 0 Å². The number of hydrogen-bond donors (Lipinski definition) is 1. The third-order valence-corrected chi connectivity index (χ3v) is 6.99. The fraction of sp³-hybridized carbons (Fsp3) is 0.400. The van der Waals surface area contributed by atoms with Crippen molar-refractivity contribution < 1.29 is 14.3 Å². The molecule has 5 rings (SSSR count). The number of aliphatic hydroxyl groups excluding tert-OH is 1. The normalized spacial score (nSPS) is 23.0. The molecule has 32 heavy (non-hydrogen) atoms. The lowest BCUT2D eigenvalue weighted by Crippen LogP contribution is -2.47. The van der Waals surface area contributed by atoms with Crippen molar-refractivity contribution in [3.05, 3.63) is 70.1 Å². The van der Waals surface area contributed by atoms with E-state index in [1.54, 1.807) is 23.4 Å². The van der Waals surface area contributed by atoms with Crippen molar-refractivity contribution in [3.63, 3.8) is 0 Å². The Hall–Kier alpha value is -2.57. The van der Waals surface area contributed by atoms with Crippen LogP contribution in [0.3, 0.4) is 0 Å². The Kier molecular flexibility index (Phi) is 5.82. The van der Waals surface area contributed by atoms with Crippen LogP contribution in [0.25, 0.3) is 10.9 Å². The number of benzene rings is 1. The molecule has 3 atom stereocenters. The van der Waals surface area contributed by atoms with Gasteiger partial charge in [0.25, 0.3) is 5.91 Å². The molecule has 1 N–H and O–H groups in total. The number of amides is 1. The molecule has 1 aliphatic carbocycles. The first-order valence-electron chi connectivity index (χ1n) is 11.2. The number of nitrogens with zero attached hydrogens (tertiary/aromatic N) is 3. The molecule has 3 heterocycles. The van der Waals surface area contributed by atoms with E-state index < -0.39 is 18.8 Å². The molecule has 1 aliphatic heterocycles. The molecule has 1 amide bonds. The molecule has 5 nitrogen and oxygen atoms in total. The van der Waals surface area contributed by atoms with E-state index >= 15 is 0 Å². The maximum Gasteiger partial charge on any atom is 0.255 e. The second kappa shape index (κ2) is 8.75. The average molecular weight is 454 g/mol. The first-order chi connectivity index (χ1) is 15.6. The van der Waals surface area contributed by atoms with Gasteiger partial charge in [-0.2, -0.15) is 0 Å². The Morgan fingerprint density at radius 1 is 1.19 bits per heavy atom. The van der Waals surface area contributed by atoms with Crippen LogP contribution in [0.1, 0.15) is 65.2 Å². The Balaban J connectivity index is 1.64. The third-order valence-electron chi connectivity index (χ3n) is 6.77. The summed E-state index contributed by atoms with van der Waals surface area (Å²) in [5.74, 6) is -0.132. The highest BCUT2D eigenvalue weighted by atomic mass is 35.5. The molecule has 3 aromatic rings. The summed E-state index contributed by atoms with van der Waals surface area (Å²) >= 11 is 5.93. The lowest BCUT2D eigenvalue weighted by molar-refractivity contribution is 0.00519. The van der Waals surface area contributed by atoms with Gasteiger partial charge in [0.1, 0.15) is 5.15 Å². The number of halogens is 2. The van der Waals surface area contributed by atoms with Crippen molar-refractivity contribution in [3.8, 4) is 0 Å². The Morgan fingerprint density at radius 2 is 2.03 bits per heavy atom. The first kappa shape index (κ1) is 21.3. The van der Waals surface area contributed by atoms with Crippen LogP contribution in [0, 0.1) is 0 Å². The monoisotopic (exact) mass is 453 g/mol. The largest absolute Gasteiger partial charge is 0.391 e. The second-order valence-corrected chi connectivity index (χ2v) is 9.07. The zero-order chi connectivity index (χ0) is 22.2. The van der Waals surface area contributed by atoms with Crippen molar-refractivity contribution >= 4 is 28.4 Å². The molecule has 1 aromatic carbocycles. The molecule has 0 saturated heterocycles. The number of fused-ring (bicyclic) bond motifs is 3. The summed E-state index contributed by atoms with van der Waals surface area (Å²) in [6, 6.07) is 8.77. The number of pyridine rings is 2. The van der Waals surface area contributed by atoms with Gasteiger partial charge in [0, 0.05) is 35.3 Å². The van der Waals surface area contributed by atoms with Gasteiger partial charge < -0.3 is 10.0 Å². The lowest BCUT2D eigenvalue weighted by Gasteiger charge is -2.38. The zero-order valence-corrected chi connectivity index (χ0v) is 18.4. The highest BCUT2D eigenvalue weighted by molar-refractivity contribution is 6.29. The predicted molar refractivity (Wildman–Crippen MR) is 122 cm³/mol. The minimum absolute atomic E-state index is 0.132. The molecular weight excluding hydrogens is 429 g/mol. The highest BCUT2D eigenvalue weighted by Gasteiger charge is 2.44. The molecule has 0 bridgehead atoms. The number of carbonyl (C=O) groups excluding carboxylic acids is 1. The van der Waals surface area contributed by atoms with E-state index in [-0.39, 0.29) is 18.4 Å². The molecule has 7 heteroatoms. The fourth-order valence-corrected chi connectivity index (χ4v) is 5.44. The van der Waals surface area contributed by atoms with Crippen LogP contribution in [-0.2, 0) is 6.42 Å². The summed E-state index contributed by atoms with van der Waals surface area (Å²) in [6.45, 7) is -0.538. The van der Waals surface area contributed by atoms with Crippen molar-refractivity contribution in [1.82, 2.24) is 14.9 Å². The van der Waals surface area contributed by atoms with Crippen molar-refractivity contribution in [1.29, 1.82) is 0 Å². The van der Waals surface area contributed by atoms with Gasteiger partial charge in [-0.1, -0.05) is 36.6 Å². The predicted octanol–water partition coefficient (Wildman–Crippen LogP) is 5.03. The molecular formula is C25H25ClFN3O2. The number of hydrogen-bond acceptors (Lipinski definition) is 4. The van der Waals surface area contributed by atoms with Crippen LogP contribution >= 0.6 is 11.6 Å². The molecule has 166 valence electrons. The standard InChI is InChI=1S/C25H25ClFN3O2/c26-22-8-7-15(14-29-22)12-16-13-18-23(24-17(16)4-3-11-28-24)20(9-10-27)30(25(18)32)19-5-1-2-6-21(19)31/h3-4,7-8,11,13-14,19-21,31H,1-2,5-6,9-10,12H2. The number of rotatable bonds is 5. The van der Waals surface area contributed by atoms with Crippen molar-refractivity contribution in [2.75, 3.05) is 6.67 Å². The number of alkyl halides is 1. The van der Waals surface area contributed by atoms with Gasteiger partial charge in [-0.3, -0.25) is 14.2 Å². The Labute approximate surface area is 191 Å². The van der Waals surface area contributed by atoms with Crippen molar-refractivity contribution in [2.45, 2.75) is 56.7 Å². The van der Waals surface area contributed by atoms with Crippen LogP contribution in [0.2, 0.25) is 5.15 Å². The van der Waals surface area contributed by atoms with Crippen molar-refractivity contribution in [2.24, 2.45) is 0 Å². The summed E-state index contributed by atoms with van der Waals surface area (Å²) in [4.78, 5) is 24.2. The molecule has 2 aromatic heterocycles. The number of carbonyl (C=O) groups is 1. The first-order valence-corrected chi connectivity index (χ1v) is 11.5. The quantitative estimate of drug-likeness (QED) is 0.550. The number of aromatic nitrogens is 2. The van der Waals surface area contributed by atoms with Gasteiger partial charge in [-0.05, 0) is 48.6 Å². The van der Waals surface area contributed by atoms with Gasteiger partial charge >= 0.3 is 0 Å². The smallest absolute Gasteiger partial charge is 0.255 e. The van der Waals surface area contributed by atoms with Crippen LogP contribution in [0.4, 0.5) is 4.39 Å². The topological polar surface area (TPSA) is 66.3 Å². The van der Waals surface area contributed by atoms with Crippen LogP contribution in [-0.4, -0.2) is 44.7 Å². The maximum atomic E-state index is 13.7. The fourth-order valence-electron chi connectivity index (χ4n) is 5.33.